The van der Waals surface area contributed by atoms with Crippen LogP contribution in [0.3, 0.4) is 0 Å². The molecule has 0 radical (unpaired) electrons. The highest BCUT2D eigenvalue weighted by molar-refractivity contribution is 5.80. The normalized spacial score (nSPS) is 23.1. The number of aliphatic hydroxyl groups excluding tert-OH is 6. The van der Waals surface area contributed by atoms with E-state index in [1.54, 1.807) is 6.08 Å². The van der Waals surface area contributed by atoms with Gasteiger partial charge in [-0.05, 0) is 38.5 Å². The SMILES string of the molecule is CCCCC=CCCCCCCCC=CC(O)C(COC1OC(CO)C(O)C(O)C1O)NC(=O)C(O)CCCCCCCCCCCCCC. The molecule has 7 N–H and O–H groups in total. The molecule has 1 rings (SSSR count). The molecule has 8 unspecified atom stereocenters. The highest BCUT2D eigenvalue weighted by Crippen LogP contribution is 2.22. The lowest BCUT2D eigenvalue weighted by Gasteiger charge is -2.40. The summed E-state index contributed by atoms with van der Waals surface area (Å²) in [6, 6.07) is -0.979. The van der Waals surface area contributed by atoms with E-state index in [1.165, 1.54) is 83.5 Å². The topological polar surface area (TPSA) is 169 Å². The van der Waals surface area contributed by atoms with Crippen LogP contribution in [-0.2, 0) is 14.3 Å². The van der Waals surface area contributed by atoms with Gasteiger partial charge in [-0.15, -0.1) is 0 Å². The first-order valence-electron chi connectivity index (χ1n) is 20.2. The Morgan fingerprint density at radius 1 is 0.680 bits per heavy atom. The van der Waals surface area contributed by atoms with E-state index in [1.807, 2.05) is 6.08 Å². The molecule has 50 heavy (non-hydrogen) atoms. The predicted octanol–water partition coefficient (Wildman–Crippen LogP) is 6.13. The Bertz CT molecular complexity index is 855. The molecule has 0 aromatic heterocycles. The summed E-state index contributed by atoms with van der Waals surface area (Å²) in [4.78, 5) is 12.9. The van der Waals surface area contributed by atoms with Gasteiger partial charge in [-0.2, -0.15) is 0 Å². The first-order chi connectivity index (χ1) is 24.3. The second-order valence-electron chi connectivity index (χ2n) is 14.2. The standard InChI is InChI=1S/C40H75NO9/c1-3-5-7-9-11-13-15-17-19-20-22-24-26-28-33(43)32(31-49-40-38(47)37(46)36(45)35(30-42)50-40)41-39(48)34(44)29-27-25-23-21-18-16-14-12-10-8-6-4-2/h9,11,26,28,32-38,40,42-47H,3-8,10,12-25,27,29-31H2,1-2H3,(H,41,48). The first-order valence-corrected chi connectivity index (χ1v) is 20.2. The summed E-state index contributed by atoms with van der Waals surface area (Å²) in [5.41, 5.74) is 0. The van der Waals surface area contributed by atoms with Crippen LogP contribution in [0.4, 0.5) is 0 Å². The minimum Gasteiger partial charge on any atom is -0.394 e. The quantitative estimate of drug-likeness (QED) is 0.0320. The van der Waals surface area contributed by atoms with Gasteiger partial charge in [-0.25, -0.2) is 0 Å². The maximum Gasteiger partial charge on any atom is 0.249 e. The average Bonchev–Trinajstić information content (AvgIpc) is 3.11. The summed E-state index contributed by atoms with van der Waals surface area (Å²) >= 11 is 0. The lowest BCUT2D eigenvalue weighted by Crippen LogP contribution is -2.60. The van der Waals surface area contributed by atoms with Crippen LogP contribution < -0.4 is 5.32 Å². The Kier molecular flexibility index (Phi) is 29.1. The molecule has 0 spiro atoms. The molecule has 1 saturated heterocycles. The fourth-order valence-electron chi connectivity index (χ4n) is 6.20. The summed E-state index contributed by atoms with van der Waals surface area (Å²) in [5, 5.41) is 64.3. The Morgan fingerprint density at radius 3 is 1.74 bits per heavy atom. The molecular formula is C40H75NO9. The molecule has 0 aromatic rings. The van der Waals surface area contributed by atoms with E-state index < -0.39 is 61.5 Å². The van der Waals surface area contributed by atoms with Crippen LogP contribution in [0, 0.1) is 0 Å². The zero-order valence-electron chi connectivity index (χ0n) is 31.5. The molecule has 1 heterocycles. The van der Waals surface area contributed by atoms with Gasteiger partial charge >= 0.3 is 0 Å². The monoisotopic (exact) mass is 714 g/mol. The fourth-order valence-corrected chi connectivity index (χ4v) is 6.20. The van der Waals surface area contributed by atoms with Crippen LogP contribution in [0.15, 0.2) is 24.3 Å². The molecule has 10 nitrogen and oxygen atoms in total. The number of carbonyl (C=O) groups excluding carboxylic acids is 1. The van der Waals surface area contributed by atoms with Gasteiger partial charge in [0.25, 0.3) is 0 Å². The van der Waals surface area contributed by atoms with Gasteiger partial charge in [-0.1, -0.05) is 147 Å². The van der Waals surface area contributed by atoms with Crippen molar-refractivity contribution >= 4 is 5.91 Å². The van der Waals surface area contributed by atoms with Crippen LogP contribution in [0.5, 0.6) is 0 Å². The molecule has 0 aliphatic carbocycles. The third-order valence-electron chi connectivity index (χ3n) is 9.63. The molecule has 1 amide bonds. The van der Waals surface area contributed by atoms with Crippen molar-refractivity contribution < 1.29 is 44.9 Å². The number of carbonyl (C=O) groups is 1. The predicted molar refractivity (Wildman–Crippen MR) is 199 cm³/mol. The minimum absolute atomic E-state index is 0.307. The maximum atomic E-state index is 12.9. The summed E-state index contributed by atoms with van der Waals surface area (Å²) in [7, 11) is 0. The van der Waals surface area contributed by atoms with Crippen molar-refractivity contribution in [1.29, 1.82) is 0 Å². The lowest BCUT2D eigenvalue weighted by molar-refractivity contribution is -0.302. The van der Waals surface area contributed by atoms with Crippen molar-refractivity contribution in [2.24, 2.45) is 0 Å². The number of amides is 1. The number of hydrogen-bond acceptors (Lipinski definition) is 9. The van der Waals surface area contributed by atoms with Gasteiger partial charge in [0.1, 0.15) is 30.5 Å². The van der Waals surface area contributed by atoms with Crippen molar-refractivity contribution in [3.63, 3.8) is 0 Å². The van der Waals surface area contributed by atoms with E-state index in [9.17, 15) is 35.4 Å². The van der Waals surface area contributed by atoms with Crippen molar-refractivity contribution in [2.45, 2.75) is 210 Å². The first kappa shape index (κ1) is 46.7. The molecular weight excluding hydrogens is 638 g/mol. The third kappa shape index (κ3) is 21.9. The van der Waals surface area contributed by atoms with Gasteiger partial charge < -0.3 is 45.4 Å². The van der Waals surface area contributed by atoms with Gasteiger partial charge in [-0.3, -0.25) is 4.79 Å². The van der Waals surface area contributed by atoms with Crippen molar-refractivity contribution in [3.8, 4) is 0 Å². The zero-order chi connectivity index (χ0) is 36.8. The van der Waals surface area contributed by atoms with Crippen molar-refractivity contribution in [3.05, 3.63) is 24.3 Å². The highest BCUT2D eigenvalue weighted by atomic mass is 16.7. The molecule has 294 valence electrons. The third-order valence-corrected chi connectivity index (χ3v) is 9.63. The van der Waals surface area contributed by atoms with E-state index >= 15 is 0 Å². The van der Waals surface area contributed by atoms with Crippen LogP contribution in [0.1, 0.15) is 162 Å². The van der Waals surface area contributed by atoms with E-state index in [0.717, 1.165) is 57.8 Å². The van der Waals surface area contributed by atoms with Crippen LogP contribution in [0.25, 0.3) is 0 Å². The summed E-state index contributed by atoms with van der Waals surface area (Å²) in [6.07, 6.45) is 24.1. The van der Waals surface area contributed by atoms with Gasteiger partial charge in [0, 0.05) is 0 Å². The van der Waals surface area contributed by atoms with Crippen molar-refractivity contribution in [2.75, 3.05) is 13.2 Å². The zero-order valence-corrected chi connectivity index (χ0v) is 31.5. The molecule has 0 aromatic carbocycles. The van der Waals surface area contributed by atoms with Crippen LogP contribution in [-0.4, -0.2) is 98.7 Å². The van der Waals surface area contributed by atoms with Gasteiger partial charge in [0.2, 0.25) is 5.91 Å². The molecule has 8 atom stereocenters. The Morgan fingerprint density at radius 2 is 1.18 bits per heavy atom. The molecule has 0 bridgehead atoms. The van der Waals surface area contributed by atoms with Crippen molar-refractivity contribution in [1.82, 2.24) is 5.32 Å². The number of rotatable bonds is 32. The molecule has 1 aliphatic rings. The molecule has 1 fully saturated rings. The Labute approximate surface area is 303 Å². The van der Waals surface area contributed by atoms with E-state index in [0.29, 0.717) is 6.42 Å². The number of allylic oxidation sites excluding steroid dienone is 3. The van der Waals surface area contributed by atoms with Crippen LogP contribution in [0.2, 0.25) is 0 Å². The van der Waals surface area contributed by atoms with Crippen LogP contribution >= 0.6 is 0 Å². The smallest absolute Gasteiger partial charge is 0.249 e. The largest absolute Gasteiger partial charge is 0.394 e. The average molecular weight is 714 g/mol. The number of nitrogens with one attached hydrogen (secondary N) is 1. The number of aliphatic hydroxyl groups is 6. The van der Waals surface area contributed by atoms with E-state index in [2.05, 4.69) is 31.3 Å². The molecule has 1 aliphatic heterocycles. The summed E-state index contributed by atoms with van der Waals surface area (Å²) < 4.78 is 11.1. The minimum atomic E-state index is -1.61. The van der Waals surface area contributed by atoms with E-state index in [-0.39, 0.29) is 6.61 Å². The number of ether oxygens (including phenoxy) is 2. The maximum absolute atomic E-state index is 12.9. The Hall–Kier alpha value is -1.37. The fraction of sp³-hybridized carbons (Fsp3) is 0.875. The summed E-state index contributed by atoms with van der Waals surface area (Å²) in [5.74, 6) is -0.622. The number of unbranched alkanes of at least 4 members (excludes halogenated alkanes) is 19. The van der Waals surface area contributed by atoms with E-state index in [4.69, 9.17) is 9.47 Å². The lowest BCUT2D eigenvalue weighted by atomic mass is 9.99. The Balaban J connectivity index is 2.52. The van der Waals surface area contributed by atoms with Gasteiger partial charge in [0.05, 0.1) is 25.4 Å². The highest BCUT2D eigenvalue weighted by Gasteiger charge is 2.44. The second kappa shape index (κ2) is 31.2. The molecule has 10 heteroatoms. The van der Waals surface area contributed by atoms with Gasteiger partial charge in [0.15, 0.2) is 6.29 Å². The number of hydrogen-bond donors (Lipinski definition) is 7. The summed E-state index contributed by atoms with van der Waals surface area (Å²) in [6.45, 7) is 3.53. The second-order valence-corrected chi connectivity index (χ2v) is 14.2. The molecule has 0 saturated carbocycles.